The quantitative estimate of drug-likeness (QED) is 0.377. The van der Waals surface area contributed by atoms with E-state index in [1.54, 1.807) is 30.1 Å². The molecule has 1 aliphatic carbocycles. The second-order valence-corrected chi connectivity index (χ2v) is 12.6. The molecule has 1 aromatic carbocycles. The van der Waals surface area contributed by atoms with E-state index in [1.165, 1.54) is 31.4 Å². The van der Waals surface area contributed by atoms with Gasteiger partial charge in [0.2, 0.25) is 0 Å². The molecule has 0 N–H and O–H groups in total. The predicted octanol–water partition coefficient (Wildman–Crippen LogP) is 4.31. The highest BCUT2D eigenvalue weighted by atomic mass is 35.5. The van der Waals surface area contributed by atoms with Crippen LogP contribution in [0.2, 0.25) is 5.02 Å². The van der Waals surface area contributed by atoms with Gasteiger partial charge in [-0.1, -0.05) is 24.1 Å². The number of fused-ring (bicyclic) bond motifs is 2. The van der Waals surface area contributed by atoms with Gasteiger partial charge >= 0.3 is 10.2 Å². The molecule has 0 atom stereocenters. The van der Waals surface area contributed by atoms with Crippen molar-refractivity contribution in [3.05, 3.63) is 35.7 Å². The van der Waals surface area contributed by atoms with E-state index in [1.807, 2.05) is 0 Å². The minimum Gasteiger partial charge on any atom is -0.349 e. The molecule has 1 aliphatic heterocycles. The fraction of sp³-hybridized carbons (Fsp3) is 0.458. The summed E-state index contributed by atoms with van der Waals surface area (Å²) in [5.41, 5.74) is 1.16. The van der Waals surface area contributed by atoms with E-state index >= 15 is 8.78 Å². The topological polar surface area (TPSA) is 89.2 Å². The van der Waals surface area contributed by atoms with Crippen molar-refractivity contribution >= 4 is 49.7 Å². The molecule has 4 heterocycles. The lowest BCUT2D eigenvalue weighted by atomic mass is 9.61. The summed E-state index contributed by atoms with van der Waals surface area (Å²) in [4.78, 5) is 10.6. The summed E-state index contributed by atoms with van der Waals surface area (Å²) in [6.07, 6.45) is 6.91. The minimum absolute atomic E-state index is 0.0517. The monoisotopic (exact) mass is 549 g/mol. The summed E-state index contributed by atoms with van der Waals surface area (Å²) in [7, 11) is 0.608. The lowest BCUT2D eigenvalue weighted by Gasteiger charge is -2.52. The molecule has 0 unspecified atom stereocenters. The summed E-state index contributed by atoms with van der Waals surface area (Å²) in [6.45, 7) is -0.0576. The Morgan fingerprint density at radius 2 is 1.86 bits per heavy atom. The zero-order chi connectivity index (χ0) is 26.3. The van der Waals surface area contributed by atoms with Crippen LogP contribution in [-0.2, 0) is 17.3 Å². The van der Waals surface area contributed by atoms with Crippen LogP contribution in [0, 0.1) is 5.41 Å². The van der Waals surface area contributed by atoms with Crippen molar-refractivity contribution in [2.75, 3.05) is 32.1 Å². The van der Waals surface area contributed by atoms with Crippen molar-refractivity contribution in [1.82, 2.24) is 28.0 Å². The van der Waals surface area contributed by atoms with Gasteiger partial charge in [0.25, 0.3) is 5.92 Å². The molecule has 6 rings (SSSR count). The van der Waals surface area contributed by atoms with Gasteiger partial charge < -0.3 is 4.90 Å². The lowest BCUT2D eigenvalue weighted by Crippen LogP contribution is -2.58. The van der Waals surface area contributed by atoms with Gasteiger partial charge in [-0.15, -0.1) is 0 Å². The van der Waals surface area contributed by atoms with Gasteiger partial charge in [-0.05, 0) is 25.3 Å². The molecule has 1 saturated heterocycles. The predicted molar refractivity (Wildman–Crippen MR) is 138 cm³/mol. The summed E-state index contributed by atoms with van der Waals surface area (Å²) in [5, 5.41) is 5.48. The maximum atomic E-state index is 15.1. The van der Waals surface area contributed by atoms with Gasteiger partial charge in [0.15, 0.2) is 5.65 Å². The Morgan fingerprint density at radius 3 is 2.51 bits per heavy atom. The van der Waals surface area contributed by atoms with Crippen LogP contribution in [0.4, 0.5) is 14.6 Å². The van der Waals surface area contributed by atoms with Crippen LogP contribution in [0.5, 0.6) is 0 Å². The Balaban J connectivity index is 1.50. The van der Waals surface area contributed by atoms with Crippen molar-refractivity contribution < 1.29 is 17.2 Å². The van der Waals surface area contributed by atoms with Gasteiger partial charge in [0.1, 0.15) is 11.3 Å². The first-order valence-electron chi connectivity index (χ1n) is 12.0. The first-order valence-corrected chi connectivity index (χ1v) is 13.8. The number of aryl methyl sites for hydroxylation is 1. The summed E-state index contributed by atoms with van der Waals surface area (Å²) in [5.74, 6) is -2.63. The third-order valence-electron chi connectivity index (χ3n) is 7.85. The fourth-order valence-electron chi connectivity index (χ4n) is 5.47. The third-order valence-corrected chi connectivity index (χ3v) is 9.96. The van der Waals surface area contributed by atoms with Crippen molar-refractivity contribution in [1.29, 1.82) is 0 Å². The minimum atomic E-state index is -4.00. The number of benzene rings is 1. The van der Waals surface area contributed by atoms with E-state index in [-0.39, 0.29) is 11.5 Å². The number of rotatable bonds is 4. The molecule has 0 amide bonds. The van der Waals surface area contributed by atoms with Gasteiger partial charge in [-0.25, -0.2) is 22.7 Å². The molecule has 196 valence electrons. The standard InChI is InChI=1S/C24H26ClF2N7O2S/c1-31(2)37(35,36)34-13-16(15-5-6-18-17(20(15)25)12-32(3)30-18)21-22(34)29-19(11-28-21)33-10-9-23(7-4-8-23)24(26,27)14-33/h5-6,11-13H,4,7-10,14H2,1-3H3. The summed E-state index contributed by atoms with van der Waals surface area (Å²) < 4.78 is 60.5. The van der Waals surface area contributed by atoms with E-state index in [2.05, 4.69) is 15.1 Å². The molecular weight excluding hydrogens is 524 g/mol. The van der Waals surface area contributed by atoms with Crippen LogP contribution in [0.3, 0.4) is 0 Å². The summed E-state index contributed by atoms with van der Waals surface area (Å²) >= 11 is 6.74. The van der Waals surface area contributed by atoms with Crippen LogP contribution >= 0.6 is 11.6 Å². The van der Waals surface area contributed by atoms with E-state index in [9.17, 15) is 8.42 Å². The average Bonchev–Trinajstić information content (AvgIpc) is 3.38. The fourth-order valence-corrected chi connectivity index (χ4v) is 6.72. The molecule has 1 saturated carbocycles. The molecule has 9 nitrogen and oxygen atoms in total. The van der Waals surface area contributed by atoms with E-state index in [4.69, 9.17) is 11.6 Å². The highest BCUT2D eigenvalue weighted by Gasteiger charge is 2.59. The Morgan fingerprint density at radius 1 is 1.11 bits per heavy atom. The van der Waals surface area contributed by atoms with Crippen LogP contribution in [0.1, 0.15) is 25.7 Å². The number of anilines is 1. The van der Waals surface area contributed by atoms with Crippen molar-refractivity contribution in [2.24, 2.45) is 12.5 Å². The SMILES string of the molecule is CN(C)S(=O)(=O)n1cc(-c2ccc3nn(C)cc3c2Cl)c2ncc(N3CCC4(CCC4)C(F)(F)C3)nc21. The van der Waals surface area contributed by atoms with Crippen LogP contribution in [-0.4, -0.2) is 69.6 Å². The highest BCUT2D eigenvalue weighted by Crippen LogP contribution is 2.57. The second-order valence-electron chi connectivity index (χ2n) is 10.2. The smallest absolute Gasteiger partial charge is 0.308 e. The zero-order valence-electron chi connectivity index (χ0n) is 20.6. The number of aromatic nitrogens is 5. The molecule has 1 spiro atoms. The van der Waals surface area contributed by atoms with Crippen LogP contribution < -0.4 is 4.90 Å². The number of nitrogens with zero attached hydrogens (tertiary/aromatic N) is 7. The molecule has 37 heavy (non-hydrogen) atoms. The zero-order valence-corrected chi connectivity index (χ0v) is 22.2. The number of alkyl halides is 2. The lowest BCUT2D eigenvalue weighted by molar-refractivity contribution is -0.169. The molecule has 13 heteroatoms. The Bertz CT molecular complexity index is 1660. The normalized spacial score (nSPS) is 19.3. The Kier molecular flexibility index (Phi) is 5.35. The van der Waals surface area contributed by atoms with E-state index < -0.39 is 28.1 Å². The van der Waals surface area contributed by atoms with E-state index in [0.29, 0.717) is 58.4 Å². The van der Waals surface area contributed by atoms with Gasteiger partial charge in [0.05, 0.1) is 23.3 Å². The highest BCUT2D eigenvalue weighted by molar-refractivity contribution is 7.87. The van der Waals surface area contributed by atoms with Gasteiger partial charge in [-0.2, -0.15) is 17.8 Å². The molecule has 2 fully saturated rings. The van der Waals surface area contributed by atoms with Crippen LogP contribution in [0.25, 0.3) is 33.2 Å². The largest absolute Gasteiger partial charge is 0.349 e. The van der Waals surface area contributed by atoms with E-state index in [0.717, 1.165) is 14.7 Å². The second kappa shape index (κ2) is 8.08. The average molecular weight is 550 g/mol. The van der Waals surface area contributed by atoms with Crippen molar-refractivity contribution in [3.8, 4) is 11.1 Å². The number of hydrogen-bond donors (Lipinski definition) is 0. The first kappa shape index (κ1) is 24.5. The maximum absolute atomic E-state index is 15.1. The number of piperidine rings is 1. The molecule has 3 aromatic heterocycles. The van der Waals surface area contributed by atoms with Crippen molar-refractivity contribution in [2.45, 2.75) is 31.6 Å². The molecular formula is C24H26ClF2N7O2S. The third kappa shape index (κ3) is 3.56. The maximum Gasteiger partial charge on any atom is 0.308 e. The number of hydrogen-bond acceptors (Lipinski definition) is 6. The van der Waals surface area contributed by atoms with Gasteiger partial charge in [0, 0.05) is 62.0 Å². The molecule has 0 bridgehead atoms. The molecule has 4 aromatic rings. The Labute approximate surface area is 217 Å². The van der Waals surface area contributed by atoms with Gasteiger partial charge in [-0.3, -0.25) is 4.68 Å². The summed E-state index contributed by atoms with van der Waals surface area (Å²) in [6, 6.07) is 3.56. The molecule has 0 radical (unpaired) electrons. The number of halogens is 3. The van der Waals surface area contributed by atoms with Crippen molar-refractivity contribution in [3.63, 3.8) is 0 Å². The molecule has 2 aliphatic rings. The van der Waals surface area contributed by atoms with Crippen LogP contribution in [0.15, 0.2) is 30.7 Å². The Hall–Kier alpha value is -2.83. The first-order chi connectivity index (χ1) is 17.4.